The number of ether oxygens (including phenoxy) is 1. The van der Waals surface area contributed by atoms with Crippen LogP contribution in [0.2, 0.25) is 0 Å². The maximum Gasteiger partial charge on any atom is 0.355 e. The first-order chi connectivity index (χ1) is 11.8. The smallest absolute Gasteiger partial charge is 0.355 e. The van der Waals surface area contributed by atoms with Gasteiger partial charge < -0.3 is 9.64 Å². The van der Waals surface area contributed by atoms with Gasteiger partial charge in [-0.1, -0.05) is 13.3 Å². The van der Waals surface area contributed by atoms with E-state index in [1.54, 1.807) is 0 Å². The van der Waals surface area contributed by atoms with Crippen molar-refractivity contribution in [3.8, 4) is 0 Å². The van der Waals surface area contributed by atoms with E-state index in [2.05, 4.69) is 10.5 Å². The van der Waals surface area contributed by atoms with Crippen LogP contribution in [0.25, 0.3) is 0 Å². The fourth-order valence-electron chi connectivity index (χ4n) is 2.78. The number of unbranched alkanes of at least 4 members (excludes halogenated alkanes) is 1. The van der Waals surface area contributed by atoms with E-state index in [4.69, 9.17) is 4.74 Å². The summed E-state index contributed by atoms with van der Waals surface area (Å²) >= 11 is 0. The van der Waals surface area contributed by atoms with Gasteiger partial charge in [0.15, 0.2) is 16.4 Å². The monoisotopic (exact) mass is 373 g/mol. The van der Waals surface area contributed by atoms with Gasteiger partial charge in [-0.15, -0.1) is 0 Å². The Morgan fingerprint density at radius 3 is 2.68 bits per heavy atom. The molecular formula is C15H23N3O6S. The molecule has 2 rings (SSSR count). The van der Waals surface area contributed by atoms with E-state index < -0.39 is 28.3 Å². The summed E-state index contributed by atoms with van der Waals surface area (Å²) in [6, 6.07) is -0.367. The van der Waals surface area contributed by atoms with Crippen molar-refractivity contribution in [2.45, 2.75) is 45.1 Å². The Bertz CT molecular complexity index is 673. The minimum absolute atomic E-state index is 0.0465. The molecule has 0 saturated carbocycles. The zero-order valence-electron chi connectivity index (χ0n) is 14.2. The van der Waals surface area contributed by atoms with E-state index >= 15 is 0 Å². The third-order valence-corrected chi connectivity index (χ3v) is 5.94. The maximum atomic E-state index is 12.4. The van der Waals surface area contributed by atoms with Gasteiger partial charge in [0, 0.05) is 25.4 Å². The standard InChI is InChI=1S/C15H23N3O6S/c1-2-3-7-18(11-6-8-25(22,23)10-11)14(20)9-24-15(21)12-4-5-13(19)17-16-12/h11H,2-10H2,1H3,(H,17,19)/t11-/m0/s1. The fourth-order valence-corrected chi connectivity index (χ4v) is 4.51. The number of carbonyl (C=O) groups excluding carboxylic acids is 3. The van der Waals surface area contributed by atoms with Crippen LogP contribution in [0.1, 0.15) is 39.0 Å². The Morgan fingerprint density at radius 2 is 2.12 bits per heavy atom. The van der Waals surface area contributed by atoms with Crippen LogP contribution in [-0.2, 0) is 29.0 Å². The van der Waals surface area contributed by atoms with Gasteiger partial charge in [0.1, 0.15) is 5.71 Å². The second kappa shape index (κ2) is 8.41. The number of esters is 1. The highest BCUT2D eigenvalue weighted by Gasteiger charge is 2.34. The highest BCUT2D eigenvalue weighted by Crippen LogP contribution is 2.18. The molecule has 1 saturated heterocycles. The van der Waals surface area contributed by atoms with Gasteiger partial charge in [0.25, 0.3) is 5.91 Å². The predicted octanol–water partition coefficient (Wildman–Crippen LogP) is -0.389. The molecule has 9 nitrogen and oxygen atoms in total. The van der Waals surface area contributed by atoms with Gasteiger partial charge >= 0.3 is 5.97 Å². The molecule has 0 spiro atoms. The van der Waals surface area contributed by atoms with Crippen LogP contribution in [-0.4, -0.2) is 67.5 Å². The first kappa shape index (κ1) is 19.4. The molecule has 140 valence electrons. The molecule has 2 aliphatic heterocycles. The first-order valence-electron chi connectivity index (χ1n) is 8.35. The van der Waals surface area contributed by atoms with E-state index in [0.717, 1.165) is 12.8 Å². The molecule has 25 heavy (non-hydrogen) atoms. The third kappa shape index (κ3) is 5.52. The highest BCUT2D eigenvalue weighted by molar-refractivity contribution is 7.91. The third-order valence-electron chi connectivity index (χ3n) is 4.19. The first-order valence-corrected chi connectivity index (χ1v) is 10.2. The maximum absolute atomic E-state index is 12.4. The van der Waals surface area contributed by atoms with Crippen LogP contribution < -0.4 is 5.43 Å². The summed E-state index contributed by atoms with van der Waals surface area (Å²) in [5, 5.41) is 3.62. The van der Waals surface area contributed by atoms with E-state index in [9.17, 15) is 22.8 Å². The topological polar surface area (TPSA) is 122 Å². The van der Waals surface area contributed by atoms with Gasteiger partial charge in [0.05, 0.1) is 11.5 Å². The summed E-state index contributed by atoms with van der Waals surface area (Å²) in [7, 11) is -3.11. The van der Waals surface area contributed by atoms with Gasteiger partial charge in [0.2, 0.25) is 5.91 Å². The molecule has 0 aromatic rings. The molecule has 1 atom stereocenters. The second-order valence-electron chi connectivity index (χ2n) is 6.17. The number of hydrogen-bond acceptors (Lipinski definition) is 7. The van der Waals surface area contributed by atoms with Gasteiger partial charge in [-0.2, -0.15) is 5.10 Å². The molecule has 0 aromatic carbocycles. The van der Waals surface area contributed by atoms with Crippen molar-refractivity contribution in [3.05, 3.63) is 0 Å². The zero-order valence-corrected chi connectivity index (χ0v) is 15.0. The lowest BCUT2D eigenvalue weighted by molar-refractivity contribution is -0.148. The van der Waals surface area contributed by atoms with E-state index in [1.807, 2.05) is 6.92 Å². The summed E-state index contributed by atoms with van der Waals surface area (Å²) in [6.45, 7) is 1.94. The highest BCUT2D eigenvalue weighted by atomic mass is 32.2. The minimum atomic E-state index is -3.11. The Kier molecular flexibility index (Phi) is 6.51. The fraction of sp³-hybridized carbons (Fsp3) is 0.733. The Balaban J connectivity index is 1.92. The quantitative estimate of drug-likeness (QED) is 0.607. The van der Waals surface area contributed by atoms with Crippen LogP contribution in [0.15, 0.2) is 5.10 Å². The average molecular weight is 373 g/mol. The van der Waals surface area contributed by atoms with Crippen molar-refractivity contribution in [1.82, 2.24) is 10.3 Å². The van der Waals surface area contributed by atoms with Crippen LogP contribution in [0.3, 0.4) is 0 Å². The molecule has 1 N–H and O–H groups in total. The predicted molar refractivity (Wildman–Crippen MR) is 89.5 cm³/mol. The number of sulfone groups is 1. The van der Waals surface area contributed by atoms with Crippen LogP contribution in [0, 0.1) is 0 Å². The molecule has 2 heterocycles. The van der Waals surface area contributed by atoms with Crippen LogP contribution in [0.5, 0.6) is 0 Å². The SMILES string of the molecule is CCCCN(C(=O)COC(=O)C1=NNC(=O)CC1)[C@H]1CCS(=O)(=O)C1. The van der Waals surface area contributed by atoms with E-state index in [0.29, 0.717) is 13.0 Å². The molecule has 0 bridgehead atoms. The number of rotatable bonds is 7. The van der Waals surface area contributed by atoms with Crippen molar-refractivity contribution >= 4 is 33.3 Å². The zero-order chi connectivity index (χ0) is 18.4. The normalized spacial score (nSPS) is 22.0. The number of nitrogens with one attached hydrogen (secondary N) is 1. The molecule has 1 fully saturated rings. The Morgan fingerprint density at radius 1 is 1.36 bits per heavy atom. The molecule has 10 heteroatoms. The lowest BCUT2D eigenvalue weighted by Gasteiger charge is -2.28. The number of hydrogen-bond donors (Lipinski definition) is 1. The van der Waals surface area contributed by atoms with E-state index in [-0.39, 0.29) is 42.0 Å². The van der Waals surface area contributed by atoms with Crippen LogP contribution in [0.4, 0.5) is 0 Å². The molecule has 0 aromatic heterocycles. The molecule has 2 amide bonds. The van der Waals surface area contributed by atoms with E-state index in [1.165, 1.54) is 4.90 Å². The summed E-state index contributed by atoms with van der Waals surface area (Å²) in [4.78, 5) is 36.8. The number of nitrogens with zero attached hydrogens (tertiary/aromatic N) is 2. The molecule has 0 unspecified atom stereocenters. The number of carbonyl (C=O) groups is 3. The Hall–Kier alpha value is -1.97. The lowest BCUT2D eigenvalue weighted by atomic mass is 10.2. The lowest BCUT2D eigenvalue weighted by Crippen LogP contribution is -2.44. The van der Waals surface area contributed by atoms with Gasteiger partial charge in [-0.05, 0) is 12.8 Å². The molecule has 0 aliphatic carbocycles. The molecule has 2 aliphatic rings. The van der Waals surface area contributed by atoms with Crippen molar-refractivity contribution < 1.29 is 27.5 Å². The average Bonchev–Trinajstić information content (AvgIpc) is 2.93. The summed E-state index contributed by atoms with van der Waals surface area (Å²) in [5.74, 6) is -1.41. The second-order valence-corrected chi connectivity index (χ2v) is 8.40. The number of amides is 2. The summed E-state index contributed by atoms with van der Waals surface area (Å²) in [5.41, 5.74) is 2.26. The Labute approximate surface area is 146 Å². The van der Waals surface area contributed by atoms with Gasteiger partial charge in [-0.25, -0.2) is 18.6 Å². The van der Waals surface area contributed by atoms with Crippen molar-refractivity contribution in [1.29, 1.82) is 0 Å². The van der Waals surface area contributed by atoms with Crippen molar-refractivity contribution in [2.24, 2.45) is 5.10 Å². The number of hydrazone groups is 1. The van der Waals surface area contributed by atoms with Crippen LogP contribution >= 0.6 is 0 Å². The van der Waals surface area contributed by atoms with Gasteiger partial charge in [-0.3, -0.25) is 9.59 Å². The summed E-state index contributed by atoms with van der Waals surface area (Å²) < 4.78 is 28.3. The largest absolute Gasteiger partial charge is 0.451 e. The minimum Gasteiger partial charge on any atom is -0.451 e. The summed E-state index contributed by atoms with van der Waals surface area (Å²) in [6.07, 6.45) is 2.32. The van der Waals surface area contributed by atoms with Crippen molar-refractivity contribution in [3.63, 3.8) is 0 Å². The van der Waals surface area contributed by atoms with Crippen molar-refractivity contribution in [2.75, 3.05) is 24.7 Å². The molecular weight excluding hydrogens is 350 g/mol. The molecule has 0 radical (unpaired) electrons.